The molecule has 0 amide bonds. The molecule has 0 radical (unpaired) electrons. The van der Waals surface area contributed by atoms with Crippen LogP contribution in [0.3, 0.4) is 0 Å². The number of benzene rings is 1. The molecule has 0 saturated heterocycles. The van der Waals surface area contributed by atoms with E-state index in [-0.39, 0.29) is 18.4 Å². The highest BCUT2D eigenvalue weighted by atomic mass is 35.5. The third-order valence-electron chi connectivity index (χ3n) is 2.23. The molecular weight excluding hydrogens is 226 g/mol. The summed E-state index contributed by atoms with van der Waals surface area (Å²) < 4.78 is 0. The molecule has 1 aromatic carbocycles. The minimum atomic E-state index is 0. The van der Waals surface area contributed by atoms with Crippen LogP contribution in [0, 0.1) is 0 Å². The third-order valence-corrected chi connectivity index (χ3v) is 2.97. The summed E-state index contributed by atoms with van der Waals surface area (Å²) in [5.41, 5.74) is 7.23. The zero-order chi connectivity index (χ0) is 10.4. The lowest BCUT2D eigenvalue weighted by molar-refractivity contribution is 0.661. The van der Waals surface area contributed by atoms with Gasteiger partial charge in [-0.05, 0) is 36.8 Å². The first-order chi connectivity index (χ1) is 6.77. The molecule has 0 spiro atoms. The molecule has 2 N–H and O–H groups in total. The zero-order valence-electron chi connectivity index (χ0n) is 8.98. The number of hydrogen-bond acceptors (Lipinski definition) is 2. The molecule has 1 aromatic rings. The van der Waals surface area contributed by atoms with Crippen LogP contribution in [0.2, 0.25) is 0 Å². The Balaban J connectivity index is 0.00000196. The minimum absolute atomic E-state index is 0. The maximum absolute atomic E-state index is 6.02. The predicted molar refractivity (Wildman–Crippen MR) is 71.8 cm³/mol. The number of nitrogens with two attached hydrogens (primary N) is 1. The number of rotatable bonds is 5. The fourth-order valence-electron chi connectivity index (χ4n) is 1.32. The van der Waals surface area contributed by atoms with E-state index in [1.807, 2.05) is 6.08 Å². The fraction of sp³-hybridized carbons (Fsp3) is 0.333. The van der Waals surface area contributed by atoms with E-state index in [9.17, 15) is 0 Å². The first kappa shape index (κ1) is 14.6. The average molecular weight is 244 g/mol. The maximum Gasteiger partial charge on any atom is 0.0297 e. The van der Waals surface area contributed by atoms with Crippen molar-refractivity contribution in [1.29, 1.82) is 0 Å². The molecule has 3 heteroatoms. The standard InChI is InChI=1S/C12H17NS.ClH/c1-3-4-5-12(13)10-6-8-11(14-2)9-7-10;/h3,6-9,12H,1,4-5,13H2,2H3;1H/t12-;/m0./s1. The van der Waals surface area contributed by atoms with Gasteiger partial charge in [-0.1, -0.05) is 18.2 Å². The van der Waals surface area contributed by atoms with E-state index in [1.54, 1.807) is 11.8 Å². The number of hydrogen-bond donors (Lipinski definition) is 1. The van der Waals surface area contributed by atoms with Crippen LogP contribution in [0.1, 0.15) is 24.4 Å². The molecule has 0 bridgehead atoms. The predicted octanol–water partition coefficient (Wildman–Crippen LogP) is 3.80. The van der Waals surface area contributed by atoms with Gasteiger partial charge in [0.2, 0.25) is 0 Å². The van der Waals surface area contributed by atoms with Crippen LogP contribution >= 0.6 is 24.2 Å². The molecule has 84 valence electrons. The summed E-state index contributed by atoms with van der Waals surface area (Å²) in [6.45, 7) is 3.69. The first-order valence-corrected chi connectivity index (χ1v) is 6.01. The van der Waals surface area contributed by atoms with Crippen molar-refractivity contribution in [3.05, 3.63) is 42.5 Å². The van der Waals surface area contributed by atoms with Crippen LogP contribution in [0.5, 0.6) is 0 Å². The summed E-state index contributed by atoms with van der Waals surface area (Å²) in [7, 11) is 0. The highest BCUT2D eigenvalue weighted by molar-refractivity contribution is 7.98. The lowest BCUT2D eigenvalue weighted by Crippen LogP contribution is -2.09. The van der Waals surface area contributed by atoms with Gasteiger partial charge in [-0.2, -0.15) is 0 Å². The Morgan fingerprint density at radius 1 is 1.40 bits per heavy atom. The van der Waals surface area contributed by atoms with Gasteiger partial charge in [-0.25, -0.2) is 0 Å². The Hall–Kier alpha value is -0.440. The van der Waals surface area contributed by atoms with Crippen molar-refractivity contribution < 1.29 is 0 Å². The summed E-state index contributed by atoms with van der Waals surface area (Å²) in [4.78, 5) is 1.28. The largest absolute Gasteiger partial charge is 0.324 e. The molecule has 0 unspecified atom stereocenters. The van der Waals surface area contributed by atoms with E-state index in [4.69, 9.17) is 5.73 Å². The molecule has 0 aliphatic carbocycles. The molecule has 0 saturated carbocycles. The summed E-state index contributed by atoms with van der Waals surface area (Å²) in [5.74, 6) is 0. The molecule has 1 atom stereocenters. The van der Waals surface area contributed by atoms with Crippen LogP contribution in [-0.4, -0.2) is 6.26 Å². The molecule has 15 heavy (non-hydrogen) atoms. The van der Waals surface area contributed by atoms with E-state index in [1.165, 1.54) is 10.5 Å². The Bertz CT molecular complexity index is 284. The Kier molecular flexibility index (Phi) is 7.57. The van der Waals surface area contributed by atoms with Gasteiger partial charge in [0.05, 0.1) is 0 Å². The molecule has 0 aromatic heterocycles. The van der Waals surface area contributed by atoms with Crippen LogP contribution in [0.25, 0.3) is 0 Å². The van der Waals surface area contributed by atoms with E-state index < -0.39 is 0 Å². The van der Waals surface area contributed by atoms with Gasteiger partial charge >= 0.3 is 0 Å². The van der Waals surface area contributed by atoms with E-state index in [0.717, 1.165) is 12.8 Å². The number of allylic oxidation sites excluding steroid dienone is 1. The van der Waals surface area contributed by atoms with E-state index in [0.29, 0.717) is 0 Å². The molecule has 1 nitrogen and oxygen atoms in total. The van der Waals surface area contributed by atoms with Crippen molar-refractivity contribution in [3.63, 3.8) is 0 Å². The van der Waals surface area contributed by atoms with Crippen molar-refractivity contribution in [1.82, 2.24) is 0 Å². The molecule has 0 fully saturated rings. The lowest BCUT2D eigenvalue weighted by atomic mass is 10.0. The topological polar surface area (TPSA) is 26.0 Å². The van der Waals surface area contributed by atoms with Gasteiger partial charge < -0.3 is 5.73 Å². The average Bonchev–Trinajstić information content (AvgIpc) is 2.26. The van der Waals surface area contributed by atoms with Crippen molar-refractivity contribution in [3.8, 4) is 0 Å². The van der Waals surface area contributed by atoms with Crippen LogP contribution < -0.4 is 5.73 Å². The third kappa shape index (κ3) is 4.74. The van der Waals surface area contributed by atoms with Crippen molar-refractivity contribution in [2.45, 2.75) is 23.8 Å². The van der Waals surface area contributed by atoms with Gasteiger partial charge in [0.1, 0.15) is 0 Å². The van der Waals surface area contributed by atoms with Crippen molar-refractivity contribution >= 4 is 24.2 Å². The van der Waals surface area contributed by atoms with Gasteiger partial charge in [-0.3, -0.25) is 0 Å². The Labute approximate surface area is 103 Å². The lowest BCUT2D eigenvalue weighted by Gasteiger charge is -2.10. The molecule has 0 aliphatic rings. The minimum Gasteiger partial charge on any atom is -0.324 e. The van der Waals surface area contributed by atoms with Crippen LogP contribution in [0.4, 0.5) is 0 Å². The highest BCUT2D eigenvalue weighted by Crippen LogP contribution is 2.20. The van der Waals surface area contributed by atoms with Crippen molar-refractivity contribution in [2.24, 2.45) is 5.73 Å². The number of halogens is 1. The van der Waals surface area contributed by atoms with Gasteiger partial charge in [0, 0.05) is 10.9 Å². The second-order valence-corrected chi connectivity index (χ2v) is 4.13. The normalized spacial score (nSPS) is 11.6. The smallest absolute Gasteiger partial charge is 0.0297 e. The number of thioether (sulfide) groups is 1. The fourth-order valence-corrected chi connectivity index (χ4v) is 1.72. The maximum atomic E-state index is 6.02. The quantitative estimate of drug-likeness (QED) is 0.629. The molecule has 0 aliphatic heterocycles. The van der Waals surface area contributed by atoms with E-state index >= 15 is 0 Å². The van der Waals surface area contributed by atoms with Crippen molar-refractivity contribution in [2.75, 3.05) is 6.26 Å². The summed E-state index contributed by atoms with van der Waals surface area (Å²) in [6.07, 6.45) is 5.94. The SMILES string of the molecule is C=CCC[C@H](N)c1ccc(SC)cc1.Cl. The van der Waals surface area contributed by atoms with Crippen LogP contribution in [0.15, 0.2) is 41.8 Å². The summed E-state index contributed by atoms with van der Waals surface area (Å²) in [5, 5.41) is 0. The summed E-state index contributed by atoms with van der Waals surface area (Å²) in [6, 6.07) is 8.60. The van der Waals surface area contributed by atoms with Gasteiger partial charge in [-0.15, -0.1) is 30.7 Å². The monoisotopic (exact) mass is 243 g/mol. The Morgan fingerprint density at radius 2 is 2.00 bits per heavy atom. The second kappa shape index (κ2) is 7.80. The zero-order valence-corrected chi connectivity index (χ0v) is 10.6. The van der Waals surface area contributed by atoms with Gasteiger partial charge in [0.25, 0.3) is 0 Å². The second-order valence-electron chi connectivity index (χ2n) is 3.25. The first-order valence-electron chi connectivity index (χ1n) is 4.78. The molecule has 1 rings (SSSR count). The highest BCUT2D eigenvalue weighted by Gasteiger charge is 2.03. The summed E-state index contributed by atoms with van der Waals surface area (Å²) >= 11 is 1.75. The Morgan fingerprint density at radius 3 is 2.47 bits per heavy atom. The molecule has 0 heterocycles. The van der Waals surface area contributed by atoms with Gasteiger partial charge in [0.15, 0.2) is 0 Å². The molecular formula is C12H18ClNS. The van der Waals surface area contributed by atoms with E-state index in [2.05, 4.69) is 37.1 Å². The van der Waals surface area contributed by atoms with Crippen LogP contribution in [-0.2, 0) is 0 Å².